The van der Waals surface area contributed by atoms with Gasteiger partial charge in [0.25, 0.3) is 0 Å². The predicted molar refractivity (Wildman–Crippen MR) is 96.6 cm³/mol. The van der Waals surface area contributed by atoms with Crippen LogP contribution >= 0.6 is 0 Å². The molecule has 2 rings (SSSR count). The summed E-state index contributed by atoms with van der Waals surface area (Å²) in [4.78, 5) is 12.2. The van der Waals surface area contributed by atoms with Gasteiger partial charge < -0.3 is 10.1 Å². The molecule has 0 aliphatic carbocycles. The topological polar surface area (TPSA) is 75.7 Å². The zero-order valence-corrected chi connectivity index (χ0v) is 16.0. The van der Waals surface area contributed by atoms with E-state index in [1.54, 1.807) is 31.3 Å². The van der Waals surface area contributed by atoms with Crippen LogP contribution in [0.4, 0.5) is 0 Å². The van der Waals surface area contributed by atoms with E-state index in [0.717, 1.165) is 31.4 Å². The van der Waals surface area contributed by atoms with E-state index < -0.39 is 10.0 Å². The Morgan fingerprint density at radius 3 is 2.56 bits per heavy atom. The highest BCUT2D eigenvalue weighted by Crippen LogP contribution is 2.18. The summed E-state index contributed by atoms with van der Waals surface area (Å²) in [6.45, 7) is 4.86. The highest BCUT2D eigenvalue weighted by molar-refractivity contribution is 7.89. The maximum Gasteiger partial charge on any atom is 0.243 e. The number of sulfonamides is 1. The largest absolute Gasteiger partial charge is 0.378 e. The monoisotopic (exact) mass is 368 g/mol. The van der Waals surface area contributed by atoms with Gasteiger partial charge in [0.2, 0.25) is 15.9 Å². The summed E-state index contributed by atoms with van der Waals surface area (Å²) in [6, 6.07) is 6.54. The first-order chi connectivity index (χ1) is 11.8. The van der Waals surface area contributed by atoms with E-state index in [1.807, 2.05) is 13.8 Å². The van der Waals surface area contributed by atoms with E-state index in [1.165, 1.54) is 4.31 Å². The van der Waals surface area contributed by atoms with Crippen LogP contribution in [0.3, 0.4) is 0 Å². The number of rotatable bonds is 8. The van der Waals surface area contributed by atoms with Crippen molar-refractivity contribution in [1.82, 2.24) is 9.62 Å². The third-order valence-electron chi connectivity index (χ3n) is 4.53. The van der Waals surface area contributed by atoms with E-state index in [2.05, 4.69) is 5.32 Å². The van der Waals surface area contributed by atoms with E-state index in [-0.39, 0.29) is 22.9 Å². The fourth-order valence-electron chi connectivity index (χ4n) is 2.68. The number of hydrogen-bond acceptors (Lipinski definition) is 4. The van der Waals surface area contributed by atoms with Gasteiger partial charge in [-0.05, 0) is 50.8 Å². The van der Waals surface area contributed by atoms with E-state index in [0.29, 0.717) is 13.0 Å². The lowest BCUT2D eigenvalue weighted by Gasteiger charge is -2.21. The third kappa shape index (κ3) is 5.52. The molecule has 1 aromatic carbocycles. The molecule has 1 saturated heterocycles. The summed E-state index contributed by atoms with van der Waals surface area (Å²) in [6.07, 6.45) is 3.54. The second kappa shape index (κ2) is 8.78. The smallest absolute Gasteiger partial charge is 0.243 e. The molecule has 0 spiro atoms. The molecule has 0 radical (unpaired) electrons. The number of carbonyl (C=O) groups excluding carboxylic acids is 1. The number of hydrogen-bond donors (Lipinski definition) is 1. The molecule has 1 heterocycles. The molecule has 1 unspecified atom stereocenters. The first-order valence-corrected chi connectivity index (χ1v) is 10.2. The van der Waals surface area contributed by atoms with Gasteiger partial charge in [-0.15, -0.1) is 0 Å². The van der Waals surface area contributed by atoms with Gasteiger partial charge >= 0.3 is 0 Å². The minimum absolute atomic E-state index is 0.00765. The maximum absolute atomic E-state index is 12.4. The predicted octanol–water partition coefficient (Wildman–Crippen LogP) is 2.29. The van der Waals surface area contributed by atoms with Crippen molar-refractivity contribution in [2.75, 3.05) is 13.7 Å². The number of ether oxygens (including phenoxy) is 1. The normalized spacial score (nSPS) is 18.0. The molecule has 1 fully saturated rings. The van der Waals surface area contributed by atoms with Gasteiger partial charge in [-0.3, -0.25) is 4.79 Å². The fourth-order valence-corrected chi connectivity index (χ4v) is 4.04. The number of amides is 1. The molecular formula is C18H28N2O4S. The summed E-state index contributed by atoms with van der Waals surface area (Å²) in [7, 11) is -1.90. The Morgan fingerprint density at radius 2 is 2.00 bits per heavy atom. The molecule has 6 nitrogen and oxygen atoms in total. The Morgan fingerprint density at radius 1 is 1.32 bits per heavy atom. The molecular weight excluding hydrogens is 340 g/mol. The van der Waals surface area contributed by atoms with Crippen LogP contribution in [0.25, 0.3) is 0 Å². The maximum atomic E-state index is 12.4. The van der Waals surface area contributed by atoms with Crippen molar-refractivity contribution in [2.45, 2.75) is 63.1 Å². The van der Waals surface area contributed by atoms with Crippen molar-refractivity contribution in [3.8, 4) is 0 Å². The molecule has 25 heavy (non-hydrogen) atoms. The van der Waals surface area contributed by atoms with Gasteiger partial charge in [-0.1, -0.05) is 12.1 Å². The SMILES string of the molecule is CC(C)N(C)S(=O)(=O)c1ccc(CNC(=O)CCC2CCCO2)cc1. The Bertz CT molecular complexity index is 665. The highest BCUT2D eigenvalue weighted by Gasteiger charge is 2.22. The Balaban J connectivity index is 1.84. The van der Waals surface area contributed by atoms with Crippen LogP contribution in [0.1, 0.15) is 45.1 Å². The van der Waals surface area contributed by atoms with E-state index >= 15 is 0 Å². The lowest BCUT2D eigenvalue weighted by molar-refractivity contribution is -0.121. The molecule has 0 aromatic heterocycles. The molecule has 1 amide bonds. The van der Waals surface area contributed by atoms with Gasteiger partial charge in [-0.2, -0.15) is 4.31 Å². The molecule has 0 bridgehead atoms. The standard InChI is InChI=1S/C18H28N2O4S/c1-14(2)20(3)25(22,23)17-9-6-15(7-10-17)13-19-18(21)11-8-16-5-4-12-24-16/h6-7,9-10,14,16H,4-5,8,11-13H2,1-3H3,(H,19,21). The van der Waals surface area contributed by atoms with Crippen molar-refractivity contribution < 1.29 is 17.9 Å². The van der Waals surface area contributed by atoms with E-state index in [9.17, 15) is 13.2 Å². The van der Waals surface area contributed by atoms with Crippen LogP contribution in [0.2, 0.25) is 0 Å². The van der Waals surface area contributed by atoms with Gasteiger partial charge in [-0.25, -0.2) is 8.42 Å². The van der Waals surface area contributed by atoms with Gasteiger partial charge in [0.15, 0.2) is 0 Å². The summed E-state index contributed by atoms with van der Waals surface area (Å²) in [5.74, 6) is -0.00765. The first-order valence-electron chi connectivity index (χ1n) is 8.76. The summed E-state index contributed by atoms with van der Waals surface area (Å²) in [5, 5.41) is 2.87. The Labute approximate surface area is 150 Å². The minimum atomic E-state index is -3.47. The van der Waals surface area contributed by atoms with Crippen molar-refractivity contribution in [1.29, 1.82) is 0 Å². The summed E-state index contributed by atoms with van der Waals surface area (Å²) in [5.41, 5.74) is 0.872. The Hall–Kier alpha value is -1.44. The van der Waals surface area contributed by atoms with Crippen LogP contribution in [0.15, 0.2) is 29.2 Å². The number of nitrogens with one attached hydrogen (secondary N) is 1. The average molecular weight is 368 g/mol. The molecule has 1 aliphatic heterocycles. The van der Waals surface area contributed by atoms with Crippen LogP contribution in [-0.4, -0.2) is 44.4 Å². The van der Waals surface area contributed by atoms with Gasteiger partial charge in [0.05, 0.1) is 11.0 Å². The number of carbonyl (C=O) groups is 1. The fraction of sp³-hybridized carbons (Fsp3) is 0.611. The second-order valence-electron chi connectivity index (χ2n) is 6.71. The minimum Gasteiger partial charge on any atom is -0.378 e. The van der Waals surface area contributed by atoms with Crippen LogP contribution in [-0.2, 0) is 26.1 Å². The lowest BCUT2D eigenvalue weighted by Crippen LogP contribution is -2.33. The zero-order valence-electron chi connectivity index (χ0n) is 15.2. The third-order valence-corrected chi connectivity index (χ3v) is 6.58. The van der Waals surface area contributed by atoms with Crippen molar-refractivity contribution >= 4 is 15.9 Å². The van der Waals surface area contributed by atoms with Gasteiger partial charge in [0.1, 0.15) is 0 Å². The zero-order chi connectivity index (χ0) is 18.4. The van der Waals surface area contributed by atoms with Crippen LogP contribution in [0, 0.1) is 0 Å². The van der Waals surface area contributed by atoms with Crippen LogP contribution < -0.4 is 5.32 Å². The number of benzene rings is 1. The second-order valence-corrected chi connectivity index (χ2v) is 8.71. The van der Waals surface area contributed by atoms with Crippen molar-refractivity contribution in [3.63, 3.8) is 0 Å². The summed E-state index contributed by atoms with van der Waals surface area (Å²) < 4.78 is 31.7. The van der Waals surface area contributed by atoms with Gasteiger partial charge in [0, 0.05) is 32.7 Å². The molecule has 140 valence electrons. The molecule has 1 N–H and O–H groups in total. The average Bonchev–Trinajstić information content (AvgIpc) is 3.11. The first kappa shape index (κ1) is 19.9. The number of nitrogens with zero attached hydrogens (tertiary/aromatic N) is 1. The molecule has 7 heteroatoms. The lowest BCUT2D eigenvalue weighted by atomic mass is 10.1. The molecule has 1 aliphatic rings. The highest BCUT2D eigenvalue weighted by atomic mass is 32.2. The quantitative estimate of drug-likeness (QED) is 0.764. The van der Waals surface area contributed by atoms with Crippen LogP contribution in [0.5, 0.6) is 0 Å². The van der Waals surface area contributed by atoms with Crippen molar-refractivity contribution in [2.24, 2.45) is 0 Å². The molecule has 1 aromatic rings. The van der Waals surface area contributed by atoms with Crippen molar-refractivity contribution in [3.05, 3.63) is 29.8 Å². The molecule has 1 atom stereocenters. The summed E-state index contributed by atoms with van der Waals surface area (Å²) >= 11 is 0. The Kier molecular flexibility index (Phi) is 6.98. The molecule has 0 saturated carbocycles. The van der Waals surface area contributed by atoms with E-state index in [4.69, 9.17) is 4.74 Å².